The van der Waals surface area contributed by atoms with Gasteiger partial charge in [-0.25, -0.2) is 0 Å². The lowest BCUT2D eigenvalue weighted by Gasteiger charge is -2.04. The van der Waals surface area contributed by atoms with Crippen LogP contribution in [0.4, 0.5) is 0 Å². The second-order valence-electron chi connectivity index (χ2n) is 3.17. The summed E-state index contributed by atoms with van der Waals surface area (Å²) in [7, 11) is 0. The van der Waals surface area contributed by atoms with Gasteiger partial charge in [-0.15, -0.1) is 0 Å². The molecule has 0 aromatic carbocycles. The molecule has 0 fully saturated rings. The Hall–Kier alpha value is -1.34. The molecule has 1 unspecified atom stereocenters. The Morgan fingerprint density at radius 3 is 2.85 bits per heavy atom. The number of hydrogen-bond acceptors (Lipinski definition) is 3. The van der Waals surface area contributed by atoms with Crippen LogP contribution in [0, 0.1) is 25.2 Å². The van der Waals surface area contributed by atoms with Gasteiger partial charge in [0.2, 0.25) is 0 Å². The van der Waals surface area contributed by atoms with Crippen molar-refractivity contribution in [3.63, 3.8) is 0 Å². The van der Waals surface area contributed by atoms with Crippen LogP contribution in [-0.2, 0) is 6.54 Å². The monoisotopic (exact) mass is 178 g/mol. The van der Waals surface area contributed by atoms with Crippen LogP contribution in [0.15, 0.2) is 6.07 Å². The molecule has 4 heteroatoms. The zero-order valence-corrected chi connectivity index (χ0v) is 7.99. The maximum atomic E-state index is 8.48. The maximum Gasteiger partial charge on any atom is 0.0945 e. The molecule has 2 N–H and O–H groups in total. The van der Waals surface area contributed by atoms with E-state index < -0.39 is 0 Å². The Kier molecular flexibility index (Phi) is 3.04. The van der Waals surface area contributed by atoms with Gasteiger partial charge in [-0.1, -0.05) is 0 Å². The van der Waals surface area contributed by atoms with Crippen LogP contribution < -0.4 is 5.73 Å². The zero-order chi connectivity index (χ0) is 9.84. The van der Waals surface area contributed by atoms with Gasteiger partial charge in [0.15, 0.2) is 0 Å². The average molecular weight is 178 g/mol. The molecule has 0 aliphatic heterocycles. The predicted octanol–water partition coefficient (Wildman–Crippen LogP) is 0.741. The molecule has 0 bridgehead atoms. The van der Waals surface area contributed by atoms with E-state index in [9.17, 15) is 0 Å². The molecule has 4 nitrogen and oxygen atoms in total. The molecule has 0 aliphatic rings. The molecule has 70 valence electrons. The minimum absolute atomic E-state index is 0.385. The van der Waals surface area contributed by atoms with Gasteiger partial charge in [-0.3, -0.25) is 4.68 Å². The summed E-state index contributed by atoms with van der Waals surface area (Å²) in [4.78, 5) is 0. The van der Waals surface area contributed by atoms with Crippen molar-refractivity contribution in [3.05, 3.63) is 17.5 Å². The van der Waals surface area contributed by atoms with E-state index in [4.69, 9.17) is 11.0 Å². The number of aryl methyl sites for hydroxylation is 3. The Morgan fingerprint density at radius 2 is 2.38 bits per heavy atom. The molecule has 1 aromatic heterocycles. The quantitative estimate of drug-likeness (QED) is 0.742. The van der Waals surface area contributed by atoms with Crippen molar-refractivity contribution in [2.75, 3.05) is 0 Å². The molecule has 0 radical (unpaired) electrons. The maximum absolute atomic E-state index is 8.48. The van der Waals surface area contributed by atoms with Crippen molar-refractivity contribution in [2.45, 2.75) is 32.9 Å². The molecular weight excluding hydrogens is 164 g/mol. The summed E-state index contributed by atoms with van der Waals surface area (Å²) in [5.74, 6) is 0. The molecule has 0 spiro atoms. The second-order valence-corrected chi connectivity index (χ2v) is 3.17. The van der Waals surface area contributed by atoms with Crippen molar-refractivity contribution in [2.24, 2.45) is 5.73 Å². The first-order chi connectivity index (χ1) is 6.13. The van der Waals surface area contributed by atoms with E-state index >= 15 is 0 Å². The summed E-state index contributed by atoms with van der Waals surface area (Å²) in [6.07, 6.45) is 0.651. The summed E-state index contributed by atoms with van der Waals surface area (Å²) < 4.78 is 1.88. The molecule has 1 heterocycles. The first-order valence-corrected chi connectivity index (χ1v) is 4.29. The summed E-state index contributed by atoms with van der Waals surface area (Å²) in [5.41, 5.74) is 7.59. The zero-order valence-electron chi connectivity index (χ0n) is 7.99. The standard InChI is InChI=1S/C9H14N4/c1-7-5-8(2)13(12-7)4-3-9(11)6-10/h5,9H,3-4,11H2,1-2H3. The number of nitriles is 1. The molecule has 0 saturated carbocycles. The third-order valence-electron chi connectivity index (χ3n) is 1.92. The minimum atomic E-state index is -0.385. The highest BCUT2D eigenvalue weighted by Crippen LogP contribution is 2.03. The van der Waals surface area contributed by atoms with Gasteiger partial charge in [0.25, 0.3) is 0 Å². The molecule has 0 saturated heterocycles. The first kappa shape index (κ1) is 9.75. The number of rotatable bonds is 3. The Balaban J connectivity index is 2.55. The van der Waals surface area contributed by atoms with E-state index in [1.165, 1.54) is 0 Å². The average Bonchev–Trinajstić information content (AvgIpc) is 2.41. The van der Waals surface area contributed by atoms with Crippen LogP contribution in [0.5, 0.6) is 0 Å². The van der Waals surface area contributed by atoms with Gasteiger partial charge in [-0.05, 0) is 26.3 Å². The fourth-order valence-electron chi connectivity index (χ4n) is 1.23. The largest absolute Gasteiger partial charge is 0.316 e. The first-order valence-electron chi connectivity index (χ1n) is 4.29. The van der Waals surface area contributed by atoms with Crippen molar-refractivity contribution in [1.29, 1.82) is 5.26 Å². The van der Waals surface area contributed by atoms with Gasteiger partial charge in [0, 0.05) is 12.2 Å². The van der Waals surface area contributed by atoms with Crippen molar-refractivity contribution < 1.29 is 0 Å². The van der Waals surface area contributed by atoms with E-state index in [1.807, 2.05) is 30.7 Å². The third-order valence-corrected chi connectivity index (χ3v) is 1.92. The molecule has 0 amide bonds. The van der Waals surface area contributed by atoms with Crippen LogP contribution >= 0.6 is 0 Å². The Bertz CT molecular complexity index is 321. The van der Waals surface area contributed by atoms with E-state index in [0.717, 1.165) is 11.4 Å². The van der Waals surface area contributed by atoms with Gasteiger partial charge in [-0.2, -0.15) is 10.4 Å². The van der Waals surface area contributed by atoms with Crippen LogP contribution in [-0.4, -0.2) is 15.8 Å². The van der Waals surface area contributed by atoms with Crippen molar-refractivity contribution >= 4 is 0 Å². The number of hydrogen-bond donors (Lipinski definition) is 1. The van der Waals surface area contributed by atoms with E-state index in [0.29, 0.717) is 13.0 Å². The lowest BCUT2D eigenvalue weighted by Crippen LogP contribution is -2.20. The molecule has 13 heavy (non-hydrogen) atoms. The van der Waals surface area contributed by atoms with Gasteiger partial charge >= 0.3 is 0 Å². The van der Waals surface area contributed by atoms with Crippen molar-refractivity contribution in [3.8, 4) is 6.07 Å². The number of aromatic nitrogens is 2. The summed E-state index contributed by atoms with van der Waals surface area (Å²) in [6, 6.07) is 3.62. The highest BCUT2D eigenvalue weighted by Gasteiger charge is 2.03. The van der Waals surface area contributed by atoms with Crippen LogP contribution in [0.25, 0.3) is 0 Å². The minimum Gasteiger partial charge on any atom is -0.316 e. The van der Waals surface area contributed by atoms with Crippen LogP contribution in [0.1, 0.15) is 17.8 Å². The molecule has 1 rings (SSSR count). The smallest absolute Gasteiger partial charge is 0.0945 e. The highest BCUT2D eigenvalue weighted by molar-refractivity contribution is 5.06. The molecular formula is C9H14N4. The number of nitrogens with two attached hydrogens (primary N) is 1. The van der Waals surface area contributed by atoms with Crippen LogP contribution in [0.3, 0.4) is 0 Å². The van der Waals surface area contributed by atoms with E-state index in [1.54, 1.807) is 0 Å². The molecule has 1 atom stereocenters. The lowest BCUT2D eigenvalue weighted by atomic mass is 10.2. The fraction of sp³-hybridized carbons (Fsp3) is 0.556. The lowest BCUT2D eigenvalue weighted by molar-refractivity contribution is 0.541. The molecule has 1 aromatic rings. The predicted molar refractivity (Wildman–Crippen MR) is 49.9 cm³/mol. The number of nitrogens with zero attached hydrogens (tertiary/aromatic N) is 3. The third kappa shape index (κ3) is 2.56. The van der Waals surface area contributed by atoms with Crippen molar-refractivity contribution in [1.82, 2.24) is 9.78 Å². The summed E-state index contributed by atoms with van der Waals surface area (Å²) >= 11 is 0. The highest BCUT2D eigenvalue weighted by atomic mass is 15.3. The Morgan fingerprint density at radius 1 is 1.69 bits per heavy atom. The normalized spacial score (nSPS) is 12.5. The SMILES string of the molecule is Cc1cc(C)n(CCC(N)C#N)n1. The van der Waals surface area contributed by atoms with Gasteiger partial charge in [0.05, 0.1) is 17.8 Å². The van der Waals surface area contributed by atoms with E-state index in [2.05, 4.69) is 5.10 Å². The van der Waals surface area contributed by atoms with E-state index in [-0.39, 0.29) is 6.04 Å². The second kappa shape index (κ2) is 4.06. The van der Waals surface area contributed by atoms with Gasteiger partial charge in [0.1, 0.15) is 0 Å². The fourth-order valence-corrected chi connectivity index (χ4v) is 1.23. The Labute approximate surface area is 78.0 Å². The summed E-state index contributed by atoms with van der Waals surface area (Å²) in [6.45, 7) is 4.67. The summed E-state index contributed by atoms with van der Waals surface area (Å²) in [5, 5.41) is 12.8. The van der Waals surface area contributed by atoms with Crippen LogP contribution in [0.2, 0.25) is 0 Å². The topological polar surface area (TPSA) is 67.6 Å². The van der Waals surface area contributed by atoms with Gasteiger partial charge < -0.3 is 5.73 Å². The molecule has 0 aliphatic carbocycles.